The third-order valence-corrected chi connectivity index (χ3v) is 4.40. The van der Waals surface area contributed by atoms with Gasteiger partial charge in [0, 0.05) is 5.56 Å². The first-order chi connectivity index (χ1) is 12.9. The van der Waals surface area contributed by atoms with Crippen molar-refractivity contribution < 1.29 is 19.0 Å². The molecule has 0 aromatic heterocycles. The standard InChI is InChI=1S/C22H29NO4/c1-14(2)11-16-7-9-17(10-8-16)15(3)23-22(24)18-12-19(25-4)21(27-6)20(13-18)26-5/h7-10,12-15H,11H2,1-6H3,(H,23,24). The Morgan fingerprint density at radius 2 is 1.48 bits per heavy atom. The molecule has 146 valence electrons. The second kappa shape index (κ2) is 9.31. The maximum absolute atomic E-state index is 12.7. The van der Waals surface area contributed by atoms with Crippen LogP contribution >= 0.6 is 0 Å². The second-order valence-corrected chi connectivity index (χ2v) is 6.95. The van der Waals surface area contributed by atoms with Crippen LogP contribution in [0.15, 0.2) is 36.4 Å². The van der Waals surface area contributed by atoms with Crippen LogP contribution in [0.1, 0.15) is 48.3 Å². The number of methoxy groups -OCH3 is 3. The summed E-state index contributed by atoms with van der Waals surface area (Å²) in [5, 5.41) is 3.02. The van der Waals surface area contributed by atoms with Crippen molar-refractivity contribution in [2.45, 2.75) is 33.2 Å². The number of hydrogen-bond acceptors (Lipinski definition) is 4. The quantitative estimate of drug-likeness (QED) is 0.747. The number of hydrogen-bond donors (Lipinski definition) is 1. The van der Waals surface area contributed by atoms with Crippen LogP contribution in [0.3, 0.4) is 0 Å². The van der Waals surface area contributed by atoms with Gasteiger partial charge in [-0.3, -0.25) is 4.79 Å². The Morgan fingerprint density at radius 1 is 0.926 bits per heavy atom. The summed E-state index contributed by atoms with van der Waals surface area (Å²) in [5.74, 6) is 1.78. The molecule has 0 fully saturated rings. The van der Waals surface area contributed by atoms with Gasteiger partial charge >= 0.3 is 0 Å². The minimum atomic E-state index is -0.201. The van der Waals surface area contributed by atoms with E-state index in [4.69, 9.17) is 14.2 Å². The molecule has 0 spiro atoms. The van der Waals surface area contributed by atoms with E-state index in [2.05, 4.69) is 43.4 Å². The van der Waals surface area contributed by atoms with Crippen LogP contribution in [0.25, 0.3) is 0 Å². The summed E-state index contributed by atoms with van der Waals surface area (Å²) in [6, 6.07) is 11.6. The molecule has 5 nitrogen and oxygen atoms in total. The second-order valence-electron chi connectivity index (χ2n) is 6.95. The fourth-order valence-electron chi connectivity index (χ4n) is 2.99. The Labute approximate surface area is 161 Å². The van der Waals surface area contributed by atoms with Gasteiger partial charge in [-0.25, -0.2) is 0 Å². The molecule has 0 bridgehead atoms. The van der Waals surface area contributed by atoms with E-state index >= 15 is 0 Å². The van der Waals surface area contributed by atoms with Crippen molar-refractivity contribution in [2.75, 3.05) is 21.3 Å². The molecule has 2 aromatic carbocycles. The summed E-state index contributed by atoms with van der Waals surface area (Å²) in [6.07, 6.45) is 1.05. The molecular weight excluding hydrogens is 342 g/mol. The van der Waals surface area contributed by atoms with E-state index in [1.807, 2.05) is 6.92 Å². The number of ether oxygens (including phenoxy) is 3. The molecule has 0 aliphatic rings. The molecule has 0 aliphatic carbocycles. The number of rotatable bonds is 8. The fraction of sp³-hybridized carbons (Fsp3) is 0.409. The first-order valence-electron chi connectivity index (χ1n) is 9.09. The molecule has 0 aliphatic heterocycles. The normalized spacial score (nSPS) is 11.8. The van der Waals surface area contributed by atoms with Crippen LogP contribution in [0.5, 0.6) is 17.2 Å². The van der Waals surface area contributed by atoms with Crippen LogP contribution in [0.4, 0.5) is 0 Å². The number of carbonyl (C=O) groups is 1. The SMILES string of the molecule is COc1cc(C(=O)NC(C)c2ccc(CC(C)C)cc2)cc(OC)c1OC. The molecule has 1 N–H and O–H groups in total. The largest absolute Gasteiger partial charge is 0.493 e. The Hall–Kier alpha value is -2.69. The van der Waals surface area contributed by atoms with E-state index < -0.39 is 0 Å². The van der Waals surface area contributed by atoms with Gasteiger partial charge in [0.2, 0.25) is 5.75 Å². The average molecular weight is 371 g/mol. The highest BCUT2D eigenvalue weighted by molar-refractivity contribution is 5.95. The molecule has 0 radical (unpaired) electrons. The van der Waals surface area contributed by atoms with Gasteiger partial charge in [0.25, 0.3) is 5.91 Å². The molecule has 27 heavy (non-hydrogen) atoms. The Balaban J connectivity index is 2.16. The molecule has 0 saturated heterocycles. The van der Waals surface area contributed by atoms with Gasteiger partial charge in [-0.2, -0.15) is 0 Å². The summed E-state index contributed by atoms with van der Waals surface area (Å²) in [5.41, 5.74) is 2.81. The van der Waals surface area contributed by atoms with Crippen molar-refractivity contribution in [2.24, 2.45) is 5.92 Å². The van der Waals surface area contributed by atoms with E-state index in [0.29, 0.717) is 28.7 Å². The molecule has 5 heteroatoms. The summed E-state index contributed by atoms with van der Waals surface area (Å²) in [7, 11) is 4.59. The Bertz CT molecular complexity index is 743. The number of nitrogens with one attached hydrogen (secondary N) is 1. The molecule has 2 aromatic rings. The number of carbonyl (C=O) groups excluding carboxylic acids is 1. The summed E-state index contributed by atoms with van der Waals surface area (Å²) in [4.78, 5) is 12.7. The lowest BCUT2D eigenvalue weighted by atomic mass is 10.00. The van der Waals surface area contributed by atoms with E-state index in [-0.39, 0.29) is 11.9 Å². The smallest absolute Gasteiger partial charge is 0.252 e. The molecule has 0 heterocycles. The summed E-state index contributed by atoms with van der Waals surface area (Å²) in [6.45, 7) is 6.37. The maximum Gasteiger partial charge on any atom is 0.252 e. The Morgan fingerprint density at radius 3 is 1.93 bits per heavy atom. The zero-order valence-corrected chi connectivity index (χ0v) is 17.0. The van der Waals surface area contributed by atoms with E-state index in [1.165, 1.54) is 26.9 Å². The lowest BCUT2D eigenvalue weighted by Gasteiger charge is -2.17. The summed E-state index contributed by atoms with van der Waals surface area (Å²) < 4.78 is 15.9. The van der Waals surface area contributed by atoms with Crippen LogP contribution in [0, 0.1) is 5.92 Å². The van der Waals surface area contributed by atoms with Crippen molar-refractivity contribution in [1.29, 1.82) is 0 Å². The molecule has 0 saturated carbocycles. The lowest BCUT2D eigenvalue weighted by molar-refractivity contribution is 0.0939. The van der Waals surface area contributed by atoms with E-state index in [1.54, 1.807) is 12.1 Å². The van der Waals surface area contributed by atoms with Gasteiger partial charge in [0.05, 0.1) is 27.4 Å². The van der Waals surface area contributed by atoms with Crippen molar-refractivity contribution >= 4 is 5.91 Å². The van der Waals surface area contributed by atoms with E-state index in [0.717, 1.165) is 12.0 Å². The Kier molecular flexibility index (Phi) is 7.11. The predicted molar refractivity (Wildman–Crippen MR) is 107 cm³/mol. The minimum absolute atomic E-state index is 0.121. The first kappa shape index (κ1) is 20.6. The molecule has 1 amide bonds. The highest BCUT2D eigenvalue weighted by Gasteiger charge is 2.18. The van der Waals surface area contributed by atoms with Gasteiger partial charge < -0.3 is 19.5 Å². The van der Waals surface area contributed by atoms with Crippen molar-refractivity contribution in [1.82, 2.24) is 5.32 Å². The first-order valence-corrected chi connectivity index (χ1v) is 9.09. The average Bonchev–Trinajstić information content (AvgIpc) is 2.66. The molecule has 1 atom stereocenters. The summed E-state index contributed by atoms with van der Waals surface area (Å²) >= 11 is 0. The van der Waals surface area contributed by atoms with E-state index in [9.17, 15) is 4.79 Å². The molecular formula is C22H29NO4. The zero-order valence-electron chi connectivity index (χ0n) is 17.0. The molecule has 1 unspecified atom stereocenters. The van der Waals surface area contributed by atoms with Gasteiger partial charge in [0.1, 0.15) is 0 Å². The lowest BCUT2D eigenvalue weighted by Crippen LogP contribution is -2.26. The maximum atomic E-state index is 12.7. The number of benzene rings is 2. The highest BCUT2D eigenvalue weighted by atomic mass is 16.5. The van der Waals surface area contributed by atoms with Crippen LogP contribution in [-0.2, 0) is 6.42 Å². The topological polar surface area (TPSA) is 56.8 Å². The monoisotopic (exact) mass is 371 g/mol. The fourth-order valence-corrected chi connectivity index (χ4v) is 2.99. The highest BCUT2D eigenvalue weighted by Crippen LogP contribution is 2.38. The van der Waals surface area contributed by atoms with Gasteiger partial charge in [-0.05, 0) is 42.5 Å². The van der Waals surface area contributed by atoms with Crippen LogP contribution in [0.2, 0.25) is 0 Å². The van der Waals surface area contributed by atoms with Crippen LogP contribution < -0.4 is 19.5 Å². The third-order valence-electron chi connectivity index (χ3n) is 4.40. The zero-order chi connectivity index (χ0) is 20.0. The molecule has 2 rings (SSSR count). The third kappa shape index (κ3) is 5.16. The number of amides is 1. The van der Waals surface area contributed by atoms with Gasteiger partial charge in [-0.15, -0.1) is 0 Å². The van der Waals surface area contributed by atoms with Crippen molar-refractivity contribution in [3.05, 3.63) is 53.1 Å². The minimum Gasteiger partial charge on any atom is -0.493 e. The predicted octanol–water partition coefficient (Wildman–Crippen LogP) is 4.40. The van der Waals surface area contributed by atoms with Crippen molar-refractivity contribution in [3.63, 3.8) is 0 Å². The van der Waals surface area contributed by atoms with Crippen molar-refractivity contribution in [3.8, 4) is 17.2 Å². The van der Waals surface area contributed by atoms with Crippen LogP contribution in [-0.4, -0.2) is 27.2 Å². The van der Waals surface area contributed by atoms with Gasteiger partial charge in [-0.1, -0.05) is 38.1 Å². The van der Waals surface area contributed by atoms with Gasteiger partial charge in [0.15, 0.2) is 11.5 Å².